The SMILES string of the molecule is Cc1ccc(S(=O)(=O)NC[C@@H]2CCC(NS(=O)(=O)c3ccc(C)cc3)[C@@H](OC3C(O)[C@@H](O)C(NS(=O)(=O)c4ccc(C)cc4)[C@H](O)[C@@H]3NS(=O)(=O)c3ccc(C)cc3)O2)cc1. The average molecular weight is 923 g/mol. The summed E-state index contributed by atoms with van der Waals surface area (Å²) in [7, 11) is -17.4. The van der Waals surface area contributed by atoms with Gasteiger partial charge in [-0.3, -0.25) is 0 Å². The molecule has 6 rings (SSSR count). The zero-order valence-corrected chi connectivity index (χ0v) is 36.9. The first-order chi connectivity index (χ1) is 28.6. The highest BCUT2D eigenvalue weighted by Crippen LogP contribution is 2.32. The summed E-state index contributed by atoms with van der Waals surface area (Å²) in [4.78, 5) is -0.638. The van der Waals surface area contributed by atoms with E-state index in [1.54, 1.807) is 52.0 Å². The van der Waals surface area contributed by atoms with Crippen LogP contribution in [0.25, 0.3) is 0 Å². The highest BCUT2D eigenvalue weighted by Gasteiger charge is 2.54. The molecule has 1 aliphatic heterocycles. The number of sulfonamides is 4. The summed E-state index contributed by atoms with van der Waals surface area (Å²) in [6.07, 6.45) is -11.0. The summed E-state index contributed by atoms with van der Waals surface area (Å²) < 4.78 is 130. The summed E-state index contributed by atoms with van der Waals surface area (Å²) in [5, 5.41) is 35.1. The minimum Gasteiger partial charge on any atom is -0.390 e. The third kappa shape index (κ3) is 11.1. The highest BCUT2D eigenvalue weighted by atomic mass is 32.2. The minimum atomic E-state index is -4.58. The zero-order chi connectivity index (χ0) is 44.5. The Morgan fingerprint density at radius 1 is 0.508 bits per heavy atom. The monoisotopic (exact) mass is 922 g/mol. The van der Waals surface area contributed by atoms with Crippen molar-refractivity contribution in [2.24, 2.45) is 0 Å². The highest BCUT2D eigenvalue weighted by molar-refractivity contribution is 7.90. The van der Waals surface area contributed by atoms with Crippen molar-refractivity contribution < 1.29 is 58.5 Å². The molecule has 4 aromatic rings. The molecule has 4 unspecified atom stereocenters. The lowest BCUT2D eigenvalue weighted by Gasteiger charge is -2.48. The quantitative estimate of drug-likeness (QED) is 0.0886. The van der Waals surface area contributed by atoms with Crippen LogP contribution in [-0.2, 0) is 49.6 Å². The zero-order valence-electron chi connectivity index (χ0n) is 33.6. The van der Waals surface area contributed by atoms with E-state index in [1.807, 2.05) is 0 Å². The second-order valence-corrected chi connectivity index (χ2v) is 22.3. The van der Waals surface area contributed by atoms with Crippen LogP contribution in [0.15, 0.2) is 117 Å². The molecule has 0 radical (unpaired) electrons. The van der Waals surface area contributed by atoms with Crippen LogP contribution in [0, 0.1) is 27.7 Å². The van der Waals surface area contributed by atoms with Crippen molar-refractivity contribution in [3.8, 4) is 0 Å². The predicted molar refractivity (Wildman–Crippen MR) is 223 cm³/mol. The van der Waals surface area contributed by atoms with E-state index < -0.39 is 95.0 Å². The molecule has 2 aliphatic rings. The van der Waals surface area contributed by atoms with Gasteiger partial charge in [-0.2, -0.15) is 0 Å². The van der Waals surface area contributed by atoms with E-state index in [-0.39, 0.29) is 39.0 Å². The maximum Gasteiger partial charge on any atom is 0.240 e. The fourth-order valence-corrected chi connectivity index (χ4v) is 11.9. The number of nitrogens with one attached hydrogen (secondary N) is 4. The molecule has 1 saturated heterocycles. The topological polar surface area (TPSA) is 264 Å². The normalized spacial score (nSPS) is 26.5. The van der Waals surface area contributed by atoms with Crippen LogP contribution < -0.4 is 18.9 Å². The lowest BCUT2D eigenvalue weighted by molar-refractivity contribution is -0.263. The van der Waals surface area contributed by atoms with Gasteiger partial charge in [0.15, 0.2) is 6.29 Å². The van der Waals surface area contributed by atoms with Crippen molar-refractivity contribution in [3.63, 3.8) is 0 Å². The Labute approximate surface area is 356 Å². The first-order valence-corrected chi connectivity index (χ1v) is 25.2. The molecular formula is C40H50N4O13S4. The van der Waals surface area contributed by atoms with Gasteiger partial charge in [0.2, 0.25) is 40.1 Å². The largest absolute Gasteiger partial charge is 0.390 e. The van der Waals surface area contributed by atoms with E-state index >= 15 is 0 Å². The van der Waals surface area contributed by atoms with Gasteiger partial charge in [0.05, 0.1) is 49.9 Å². The van der Waals surface area contributed by atoms with E-state index in [0.717, 1.165) is 22.3 Å². The Kier molecular flexibility index (Phi) is 14.3. The molecule has 0 aromatic heterocycles. The summed E-state index contributed by atoms with van der Waals surface area (Å²) in [6, 6.07) is 18.2. The summed E-state index contributed by atoms with van der Waals surface area (Å²) in [6.45, 7) is 6.72. The molecule has 1 heterocycles. The molecular weight excluding hydrogens is 873 g/mol. The van der Waals surface area contributed by atoms with E-state index in [4.69, 9.17) is 9.47 Å². The molecule has 4 aromatic carbocycles. The molecule has 17 nitrogen and oxygen atoms in total. The maximum atomic E-state index is 13.9. The summed E-state index contributed by atoms with van der Waals surface area (Å²) in [5.41, 5.74) is 3.10. The molecule has 7 N–H and O–H groups in total. The molecule has 332 valence electrons. The van der Waals surface area contributed by atoms with Crippen molar-refractivity contribution in [3.05, 3.63) is 119 Å². The Morgan fingerprint density at radius 2 is 0.885 bits per heavy atom. The summed E-state index contributed by atoms with van der Waals surface area (Å²) in [5.74, 6) is 0. The number of aryl methyl sites for hydroxylation is 4. The number of aliphatic hydroxyl groups is 3. The molecule has 61 heavy (non-hydrogen) atoms. The van der Waals surface area contributed by atoms with Crippen LogP contribution >= 0.6 is 0 Å². The maximum absolute atomic E-state index is 13.9. The molecule has 0 bridgehead atoms. The van der Waals surface area contributed by atoms with Gasteiger partial charge in [-0.15, -0.1) is 0 Å². The van der Waals surface area contributed by atoms with Crippen molar-refractivity contribution in [2.45, 2.75) is 115 Å². The number of hydrogen-bond donors (Lipinski definition) is 7. The minimum absolute atomic E-state index is 0.0185. The van der Waals surface area contributed by atoms with Crippen molar-refractivity contribution in [1.82, 2.24) is 18.9 Å². The van der Waals surface area contributed by atoms with Crippen LogP contribution in [-0.4, -0.2) is 110 Å². The molecule has 2 fully saturated rings. The predicted octanol–water partition coefficient (Wildman–Crippen LogP) is 1.23. The van der Waals surface area contributed by atoms with E-state index in [2.05, 4.69) is 18.9 Å². The second kappa shape index (κ2) is 18.6. The molecule has 21 heteroatoms. The molecule has 1 aliphatic carbocycles. The number of benzene rings is 4. The standard InChI is InChI=1S/C40H50N4O13S4/c1-24-5-14-29(15-6-24)58(48,49)41-23-28-13-22-33(42-59(50,51)30-16-7-25(2)8-17-30)40(56-28)57-39-35(44-61(54,55)32-20-11-27(4)12-21-32)36(45)34(37(46)38(39)47)43-60(52,53)31-18-9-26(3)10-19-31/h5-12,14-21,28,33-47H,13,22-23H2,1-4H3/t28-,33?,34?,35-,36-,37-,38?,39?,40+/m0/s1. The van der Waals surface area contributed by atoms with E-state index in [0.29, 0.717) is 0 Å². The van der Waals surface area contributed by atoms with Crippen molar-refractivity contribution >= 4 is 40.1 Å². The van der Waals surface area contributed by atoms with Crippen molar-refractivity contribution in [2.75, 3.05) is 6.54 Å². The fraction of sp³-hybridized carbons (Fsp3) is 0.400. The van der Waals surface area contributed by atoms with Gasteiger partial charge >= 0.3 is 0 Å². The molecule has 1 saturated carbocycles. The Bertz CT molecular complexity index is 2600. The van der Waals surface area contributed by atoms with Crippen LogP contribution in [0.3, 0.4) is 0 Å². The van der Waals surface area contributed by atoms with Gasteiger partial charge in [-0.05, 0) is 89.1 Å². The summed E-state index contributed by atoms with van der Waals surface area (Å²) >= 11 is 0. The van der Waals surface area contributed by atoms with Gasteiger partial charge in [-0.1, -0.05) is 70.8 Å². The van der Waals surface area contributed by atoms with Crippen LogP contribution in [0.4, 0.5) is 0 Å². The van der Waals surface area contributed by atoms with Crippen LogP contribution in [0.5, 0.6) is 0 Å². The molecule has 0 spiro atoms. The Hall–Kier alpha value is -3.68. The first kappa shape index (κ1) is 46.8. The van der Waals surface area contributed by atoms with Crippen LogP contribution in [0.2, 0.25) is 0 Å². The third-order valence-electron chi connectivity index (χ3n) is 10.6. The third-order valence-corrected chi connectivity index (χ3v) is 16.5. The number of aliphatic hydroxyl groups excluding tert-OH is 3. The van der Waals surface area contributed by atoms with Crippen molar-refractivity contribution in [1.29, 1.82) is 0 Å². The number of ether oxygens (including phenoxy) is 2. The smallest absolute Gasteiger partial charge is 0.240 e. The van der Waals surface area contributed by atoms with Crippen LogP contribution in [0.1, 0.15) is 35.1 Å². The van der Waals surface area contributed by atoms with Gasteiger partial charge in [-0.25, -0.2) is 52.6 Å². The number of rotatable bonds is 15. The van der Waals surface area contributed by atoms with E-state index in [9.17, 15) is 49.0 Å². The Balaban J connectivity index is 1.34. The molecule has 9 atom stereocenters. The number of hydrogen-bond acceptors (Lipinski definition) is 13. The Morgan fingerprint density at radius 3 is 1.31 bits per heavy atom. The fourth-order valence-electron chi connectivity index (χ4n) is 7.00. The second-order valence-electron chi connectivity index (χ2n) is 15.4. The van der Waals surface area contributed by atoms with E-state index in [1.165, 1.54) is 72.8 Å². The van der Waals surface area contributed by atoms with Gasteiger partial charge < -0.3 is 24.8 Å². The average Bonchev–Trinajstić information content (AvgIpc) is 3.20. The lowest BCUT2D eigenvalue weighted by Crippen LogP contribution is -2.73. The van der Waals surface area contributed by atoms with Gasteiger partial charge in [0, 0.05) is 6.54 Å². The van der Waals surface area contributed by atoms with Gasteiger partial charge in [0.25, 0.3) is 0 Å². The first-order valence-electron chi connectivity index (χ1n) is 19.2. The lowest BCUT2D eigenvalue weighted by atomic mass is 9.82. The molecule has 0 amide bonds. The van der Waals surface area contributed by atoms with Gasteiger partial charge in [0.1, 0.15) is 18.3 Å².